The van der Waals surface area contributed by atoms with Gasteiger partial charge in [-0.05, 0) is 24.3 Å². The summed E-state index contributed by atoms with van der Waals surface area (Å²) >= 11 is 1.79. The lowest BCUT2D eigenvalue weighted by Crippen LogP contribution is -1.88. The molecule has 80 valence electrons. The van der Waals surface area contributed by atoms with Crippen LogP contribution < -0.4 is 0 Å². The number of benzene rings is 1. The summed E-state index contributed by atoms with van der Waals surface area (Å²) in [5, 5.41) is 8.64. The van der Waals surface area contributed by atoms with Crippen LogP contribution >= 0.6 is 11.8 Å². The summed E-state index contributed by atoms with van der Waals surface area (Å²) < 4.78 is 0. The van der Waals surface area contributed by atoms with Crippen molar-refractivity contribution in [1.82, 2.24) is 9.97 Å². The standard InChI is InChI=1S/C11H14N2OS/c14-6-3-7-15-8-11-12-9-4-1-2-5-10(9)13-11/h1-2,4-5,14H,3,6-8H2,(H,12,13). The summed E-state index contributed by atoms with van der Waals surface area (Å²) in [6, 6.07) is 8.03. The first-order valence-electron chi connectivity index (χ1n) is 5.02. The molecule has 0 amide bonds. The Balaban J connectivity index is 1.97. The lowest BCUT2D eigenvalue weighted by molar-refractivity contribution is 0.296. The summed E-state index contributed by atoms with van der Waals surface area (Å²) in [6.07, 6.45) is 0.852. The number of rotatable bonds is 5. The molecule has 4 heteroatoms. The van der Waals surface area contributed by atoms with Gasteiger partial charge in [-0.25, -0.2) is 4.98 Å². The Labute approximate surface area is 92.9 Å². The Morgan fingerprint density at radius 3 is 3.00 bits per heavy atom. The molecule has 0 saturated carbocycles. The summed E-state index contributed by atoms with van der Waals surface area (Å²) in [5.74, 6) is 2.88. The van der Waals surface area contributed by atoms with E-state index in [-0.39, 0.29) is 6.61 Å². The van der Waals surface area contributed by atoms with Gasteiger partial charge in [0.1, 0.15) is 5.82 Å². The van der Waals surface area contributed by atoms with E-state index in [1.165, 1.54) is 0 Å². The van der Waals surface area contributed by atoms with Crippen LogP contribution in [0.1, 0.15) is 12.2 Å². The molecule has 2 aromatic rings. The lowest BCUT2D eigenvalue weighted by Gasteiger charge is -1.95. The zero-order valence-electron chi connectivity index (χ0n) is 8.44. The van der Waals surface area contributed by atoms with Crippen LogP contribution in [0.25, 0.3) is 11.0 Å². The van der Waals surface area contributed by atoms with Crippen LogP contribution in [-0.4, -0.2) is 27.4 Å². The maximum absolute atomic E-state index is 8.64. The Morgan fingerprint density at radius 2 is 2.20 bits per heavy atom. The van der Waals surface area contributed by atoms with Crippen molar-refractivity contribution in [2.75, 3.05) is 12.4 Å². The number of aliphatic hydroxyl groups excluding tert-OH is 1. The van der Waals surface area contributed by atoms with Crippen molar-refractivity contribution in [2.24, 2.45) is 0 Å². The van der Waals surface area contributed by atoms with Gasteiger partial charge in [-0.2, -0.15) is 11.8 Å². The van der Waals surface area contributed by atoms with E-state index in [1.54, 1.807) is 11.8 Å². The fraction of sp³-hybridized carbons (Fsp3) is 0.364. The molecular formula is C11H14N2OS. The number of nitrogens with zero attached hydrogens (tertiary/aromatic N) is 1. The van der Waals surface area contributed by atoms with Gasteiger partial charge in [0, 0.05) is 6.61 Å². The summed E-state index contributed by atoms with van der Waals surface area (Å²) in [6.45, 7) is 0.271. The number of imidazole rings is 1. The van der Waals surface area contributed by atoms with Gasteiger partial charge in [0.05, 0.1) is 16.8 Å². The van der Waals surface area contributed by atoms with E-state index in [4.69, 9.17) is 5.11 Å². The van der Waals surface area contributed by atoms with Crippen molar-refractivity contribution in [1.29, 1.82) is 0 Å². The molecule has 0 aliphatic rings. The fourth-order valence-corrected chi connectivity index (χ4v) is 2.22. The Kier molecular flexibility index (Phi) is 3.64. The second kappa shape index (κ2) is 5.19. The van der Waals surface area contributed by atoms with E-state index in [9.17, 15) is 0 Å². The maximum Gasteiger partial charge on any atom is 0.117 e. The van der Waals surface area contributed by atoms with Crippen LogP contribution in [0.5, 0.6) is 0 Å². The molecule has 0 aliphatic heterocycles. The van der Waals surface area contributed by atoms with Gasteiger partial charge in [0.2, 0.25) is 0 Å². The molecule has 0 bridgehead atoms. The number of H-pyrrole nitrogens is 1. The van der Waals surface area contributed by atoms with Gasteiger partial charge in [-0.15, -0.1) is 0 Å². The van der Waals surface area contributed by atoms with E-state index >= 15 is 0 Å². The van der Waals surface area contributed by atoms with Crippen molar-refractivity contribution in [3.63, 3.8) is 0 Å². The van der Waals surface area contributed by atoms with Gasteiger partial charge in [0.25, 0.3) is 0 Å². The minimum atomic E-state index is 0.271. The van der Waals surface area contributed by atoms with Gasteiger partial charge in [-0.1, -0.05) is 12.1 Å². The fourth-order valence-electron chi connectivity index (χ4n) is 1.41. The smallest absolute Gasteiger partial charge is 0.117 e. The molecule has 0 spiro atoms. The maximum atomic E-state index is 8.64. The molecule has 0 fully saturated rings. The predicted molar refractivity (Wildman–Crippen MR) is 64.0 cm³/mol. The van der Waals surface area contributed by atoms with Crippen LogP contribution in [0.2, 0.25) is 0 Å². The molecule has 0 atom stereocenters. The Bertz CT molecular complexity index is 394. The van der Waals surface area contributed by atoms with E-state index < -0.39 is 0 Å². The lowest BCUT2D eigenvalue weighted by atomic mass is 10.3. The number of thioether (sulfide) groups is 1. The monoisotopic (exact) mass is 222 g/mol. The van der Waals surface area contributed by atoms with Crippen LogP contribution in [0.3, 0.4) is 0 Å². The van der Waals surface area contributed by atoms with Crippen molar-refractivity contribution in [2.45, 2.75) is 12.2 Å². The number of fused-ring (bicyclic) bond motifs is 1. The molecule has 1 aromatic heterocycles. The van der Waals surface area contributed by atoms with Gasteiger partial charge in [0.15, 0.2) is 0 Å². The van der Waals surface area contributed by atoms with E-state index in [1.807, 2.05) is 24.3 Å². The van der Waals surface area contributed by atoms with Gasteiger partial charge in [-0.3, -0.25) is 0 Å². The largest absolute Gasteiger partial charge is 0.396 e. The minimum Gasteiger partial charge on any atom is -0.396 e. The molecule has 0 unspecified atom stereocenters. The molecule has 15 heavy (non-hydrogen) atoms. The molecule has 0 aliphatic carbocycles. The summed E-state index contributed by atoms with van der Waals surface area (Å²) in [5.41, 5.74) is 2.12. The molecule has 0 radical (unpaired) electrons. The molecule has 0 saturated heterocycles. The number of para-hydroxylation sites is 2. The molecule has 2 N–H and O–H groups in total. The van der Waals surface area contributed by atoms with Crippen LogP contribution in [0, 0.1) is 0 Å². The molecule has 1 aromatic carbocycles. The third-order valence-corrected chi connectivity index (χ3v) is 3.18. The SMILES string of the molecule is OCCCSCc1nc2ccccc2[nH]1. The number of aromatic nitrogens is 2. The highest BCUT2D eigenvalue weighted by molar-refractivity contribution is 7.98. The molecule has 2 rings (SSSR count). The minimum absolute atomic E-state index is 0.271. The van der Waals surface area contributed by atoms with Gasteiger partial charge < -0.3 is 10.1 Å². The summed E-state index contributed by atoms with van der Waals surface area (Å²) in [7, 11) is 0. The van der Waals surface area contributed by atoms with Crippen molar-refractivity contribution < 1.29 is 5.11 Å². The highest BCUT2D eigenvalue weighted by Crippen LogP contribution is 2.15. The second-order valence-electron chi connectivity index (χ2n) is 3.33. The number of aliphatic hydroxyl groups is 1. The van der Waals surface area contributed by atoms with E-state index in [2.05, 4.69) is 9.97 Å². The first-order chi connectivity index (χ1) is 7.40. The average molecular weight is 222 g/mol. The van der Waals surface area contributed by atoms with E-state index in [0.29, 0.717) is 0 Å². The number of hydrogen-bond acceptors (Lipinski definition) is 3. The Hall–Kier alpha value is -1.00. The second-order valence-corrected chi connectivity index (χ2v) is 4.44. The quantitative estimate of drug-likeness (QED) is 0.762. The normalized spacial score (nSPS) is 11.0. The van der Waals surface area contributed by atoms with Crippen molar-refractivity contribution >= 4 is 22.8 Å². The van der Waals surface area contributed by atoms with Crippen molar-refractivity contribution in [3.8, 4) is 0 Å². The number of nitrogens with one attached hydrogen (secondary N) is 1. The highest BCUT2D eigenvalue weighted by Gasteiger charge is 2.01. The number of hydrogen-bond donors (Lipinski definition) is 2. The zero-order chi connectivity index (χ0) is 10.5. The molecule has 1 heterocycles. The van der Waals surface area contributed by atoms with E-state index in [0.717, 1.165) is 34.8 Å². The first kappa shape index (κ1) is 10.5. The topological polar surface area (TPSA) is 48.9 Å². The average Bonchev–Trinajstić information content (AvgIpc) is 2.67. The third kappa shape index (κ3) is 2.73. The number of aromatic amines is 1. The molecule has 3 nitrogen and oxygen atoms in total. The molecular weight excluding hydrogens is 208 g/mol. The van der Waals surface area contributed by atoms with Crippen LogP contribution in [0.4, 0.5) is 0 Å². The van der Waals surface area contributed by atoms with Crippen molar-refractivity contribution in [3.05, 3.63) is 30.1 Å². The van der Waals surface area contributed by atoms with Crippen LogP contribution in [0.15, 0.2) is 24.3 Å². The third-order valence-electron chi connectivity index (χ3n) is 2.12. The highest BCUT2D eigenvalue weighted by atomic mass is 32.2. The Morgan fingerprint density at radius 1 is 1.33 bits per heavy atom. The first-order valence-corrected chi connectivity index (χ1v) is 6.18. The predicted octanol–water partition coefficient (Wildman–Crippen LogP) is 2.18. The zero-order valence-corrected chi connectivity index (χ0v) is 9.26. The summed E-state index contributed by atoms with van der Waals surface area (Å²) in [4.78, 5) is 7.75. The van der Waals surface area contributed by atoms with Gasteiger partial charge >= 0.3 is 0 Å². The van der Waals surface area contributed by atoms with Crippen LogP contribution in [-0.2, 0) is 5.75 Å².